The molecule has 0 atom stereocenters. The number of aryl methyl sites for hydroxylation is 1. The van der Waals surface area contributed by atoms with Crippen molar-refractivity contribution in [2.24, 2.45) is 0 Å². The summed E-state index contributed by atoms with van der Waals surface area (Å²) >= 11 is 1.36. The molecule has 140 valence electrons. The predicted octanol–water partition coefficient (Wildman–Crippen LogP) is 2.73. The lowest BCUT2D eigenvalue weighted by Crippen LogP contribution is -2.25. The van der Waals surface area contributed by atoms with Crippen LogP contribution in [0.4, 0.5) is 5.13 Å². The van der Waals surface area contributed by atoms with Crippen molar-refractivity contribution in [1.82, 2.24) is 25.0 Å². The maximum Gasteiger partial charge on any atom is 0.277 e. The predicted molar refractivity (Wildman–Crippen MR) is 107 cm³/mol. The van der Waals surface area contributed by atoms with Gasteiger partial charge in [0.25, 0.3) is 5.56 Å². The molecule has 0 aliphatic carbocycles. The van der Waals surface area contributed by atoms with Crippen molar-refractivity contribution in [3.63, 3.8) is 0 Å². The number of benzene rings is 1. The quantitative estimate of drug-likeness (QED) is 0.541. The van der Waals surface area contributed by atoms with Gasteiger partial charge in [0, 0.05) is 36.3 Å². The van der Waals surface area contributed by atoms with Crippen molar-refractivity contribution in [3.8, 4) is 11.3 Å². The number of carbonyl (C=O) groups excluding carboxylic acids is 1. The van der Waals surface area contributed by atoms with Gasteiger partial charge in [0.05, 0.1) is 11.1 Å². The molecule has 3 heterocycles. The maximum absolute atomic E-state index is 12.4. The summed E-state index contributed by atoms with van der Waals surface area (Å²) in [6.45, 7) is 0.322. The van der Waals surface area contributed by atoms with Crippen LogP contribution in [0, 0.1) is 0 Å². The Morgan fingerprint density at radius 1 is 1.18 bits per heavy atom. The minimum atomic E-state index is -0.202. The van der Waals surface area contributed by atoms with Crippen LogP contribution in [-0.2, 0) is 11.3 Å². The lowest BCUT2D eigenvalue weighted by Gasteiger charge is -2.05. The van der Waals surface area contributed by atoms with E-state index in [1.54, 1.807) is 30.6 Å². The Morgan fingerprint density at radius 3 is 2.93 bits per heavy atom. The SMILES string of the molecule is O=C(CCCn1nnc2ccccc2c1=O)Nc1nc(-c2cccnc2)cs1. The van der Waals surface area contributed by atoms with Gasteiger partial charge < -0.3 is 5.32 Å². The fraction of sp³-hybridized carbons (Fsp3) is 0.158. The van der Waals surface area contributed by atoms with E-state index in [-0.39, 0.29) is 17.9 Å². The molecule has 1 N–H and O–H groups in total. The molecule has 4 rings (SSSR count). The minimum Gasteiger partial charge on any atom is -0.302 e. The third-order valence-electron chi connectivity index (χ3n) is 4.11. The van der Waals surface area contributed by atoms with E-state index in [1.807, 2.05) is 23.6 Å². The number of carbonyl (C=O) groups is 1. The maximum atomic E-state index is 12.4. The highest BCUT2D eigenvalue weighted by atomic mass is 32.1. The molecule has 0 fully saturated rings. The average molecular weight is 392 g/mol. The third-order valence-corrected chi connectivity index (χ3v) is 4.87. The molecule has 1 amide bonds. The first-order chi connectivity index (χ1) is 13.7. The molecular formula is C19H16N6O2S. The summed E-state index contributed by atoms with van der Waals surface area (Å²) < 4.78 is 1.29. The van der Waals surface area contributed by atoms with Gasteiger partial charge in [-0.25, -0.2) is 9.67 Å². The van der Waals surface area contributed by atoms with Crippen LogP contribution in [-0.4, -0.2) is 30.9 Å². The Morgan fingerprint density at radius 2 is 2.07 bits per heavy atom. The highest BCUT2D eigenvalue weighted by Crippen LogP contribution is 2.24. The van der Waals surface area contributed by atoms with Crippen molar-refractivity contribution in [1.29, 1.82) is 0 Å². The number of pyridine rings is 1. The molecule has 0 aliphatic heterocycles. The van der Waals surface area contributed by atoms with Gasteiger partial charge in [-0.1, -0.05) is 17.3 Å². The molecular weight excluding hydrogens is 376 g/mol. The third kappa shape index (κ3) is 3.94. The molecule has 1 aromatic carbocycles. The first kappa shape index (κ1) is 17.9. The van der Waals surface area contributed by atoms with Crippen molar-refractivity contribution >= 4 is 33.3 Å². The zero-order chi connectivity index (χ0) is 19.3. The number of aromatic nitrogens is 5. The molecule has 0 spiro atoms. The monoisotopic (exact) mass is 392 g/mol. The van der Waals surface area contributed by atoms with E-state index in [2.05, 4.69) is 25.6 Å². The van der Waals surface area contributed by atoms with Crippen LogP contribution in [0.15, 0.2) is 59.0 Å². The van der Waals surface area contributed by atoms with Gasteiger partial charge in [-0.2, -0.15) is 0 Å². The highest BCUT2D eigenvalue weighted by molar-refractivity contribution is 7.14. The van der Waals surface area contributed by atoms with E-state index >= 15 is 0 Å². The van der Waals surface area contributed by atoms with E-state index < -0.39 is 0 Å². The van der Waals surface area contributed by atoms with Gasteiger partial charge in [0.1, 0.15) is 5.52 Å². The number of nitrogens with one attached hydrogen (secondary N) is 1. The summed E-state index contributed by atoms with van der Waals surface area (Å²) in [5.41, 5.74) is 2.03. The van der Waals surface area contributed by atoms with E-state index in [9.17, 15) is 9.59 Å². The van der Waals surface area contributed by atoms with Crippen LogP contribution in [0.5, 0.6) is 0 Å². The summed E-state index contributed by atoms with van der Waals surface area (Å²) in [5.74, 6) is -0.158. The standard InChI is InChI=1S/C19H16N6O2S/c26-17(22-19-21-16(12-28-19)13-5-3-9-20-11-13)8-4-10-25-18(27)14-6-1-2-7-15(14)23-24-25/h1-3,5-7,9,11-12H,4,8,10H2,(H,21,22,26). The molecule has 0 radical (unpaired) electrons. The molecule has 0 aliphatic rings. The minimum absolute atomic E-state index is 0.158. The number of anilines is 1. The Kier molecular flexibility index (Phi) is 5.16. The van der Waals surface area contributed by atoms with Crippen molar-refractivity contribution in [2.45, 2.75) is 19.4 Å². The van der Waals surface area contributed by atoms with Gasteiger partial charge in [-0.3, -0.25) is 14.6 Å². The smallest absolute Gasteiger partial charge is 0.277 e. The number of nitrogens with zero attached hydrogens (tertiary/aromatic N) is 5. The van der Waals surface area contributed by atoms with Crippen molar-refractivity contribution in [3.05, 3.63) is 64.5 Å². The van der Waals surface area contributed by atoms with Crippen LogP contribution >= 0.6 is 11.3 Å². The largest absolute Gasteiger partial charge is 0.302 e. The topological polar surface area (TPSA) is 103 Å². The second kappa shape index (κ2) is 8.05. The number of hydrogen-bond acceptors (Lipinski definition) is 7. The van der Waals surface area contributed by atoms with Crippen molar-refractivity contribution < 1.29 is 4.79 Å². The van der Waals surface area contributed by atoms with E-state index in [1.165, 1.54) is 16.0 Å². The first-order valence-electron chi connectivity index (χ1n) is 8.69. The van der Waals surface area contributed by atoms with Gasteiger partial charge in [0.2, 0.25) is 5.91 Å². The number of fused-ring (bicyclic) bond motifs is 1. The van der Waals surface area contributed by atoms with Crippen LogP contribution in [0.3, 0.4) is 0 Å². The van der Waals surface area contributed by atoms with Crippen LogP contribution in [0.25, 0.3) is 22.2 Å². The van der Waals surface area contributed by atoms with Crippen LogP contribution in [0.2, 0.25) is 0 Å². The van der Waals surface area contributed by atoms with E-state index in [0.29, 0.717) is 29.0 Å². The molecule has 0 unspecified atom stereocenters. The lowest BCUT2D eigenvalue weighted by molar-refractivity contribution is -0.116. The summed E-state index contributed by atoms with van der Waals surface area (Å²) in [5, 5.41) is 13.7. The summed E-state index contributed by atoms with van der Waals surface area (Å²) in [4.78, 5) is 33.0. The van der Waals surface area contributed by atoms with Crippen molar-refractivity contribution in [2.75, 3.05) is 5.32 Å². The number of amides is 1. The number of thiazole rings is 1. The molecule has 4 aromatic rings. The molecule has 0 bridgehead atoms. The highest BCUT2D eigenvalue weighted by Gasteiger charge is 2.09. The van der Waals surface area contributed by atoms with Crippen LogP contribution < -0.4 is 10.9 Å². The van der Waals surface area contributed by atoms with Gasteiger partial charge >= 0.3 is 0 Å². The van der Waals surface area contributed by atoms with Gasteiger partial charge in [-0.05, 0) is 30.7 Å². The summed E-state index contributed by atoms with van der Waals surface area (Å²) in [6.07, 6.45) is 4.15. The lowest BCUT2D eigenvalue weighted by atomic mass is 10.2. The summed E-state index contributed by atoms with van der Waals surface area (Å²) in [7, 11) is 0. The summed E-state index contributed by atoms with van der Waals surface area (Å²) in [6, 6.07) is 10.8. The molecule has 0 saturated heterocycles. The van der Waals surface area contributed by atoms with Gasteiger partial charge in [0.15, 0.2) is 5.13 Å². The second-order valence-corrected chi connectivity index (χ2v) is 6.92. The molecule has 8 nitrogen and oxygen atoms in total. The molecule has 3 aromatic heterocycles. The number of hydrogen-bond donors (Lipinski definition) is 1. The normalized spacial score (nSPS) is 10.9. The molecule has 9 heteroatoms. The second-order valence-electron chi connectivity index (χ2n) is 6.07. The fourth-order valence-corrected chi connectivity index (χ4v) is 3.45. The zero-order valence-corrected chi connectivity index (χ0v) is 15.6. The van der Waals surface area contributed by atoms with Crippen LogP contribution in [0.1, 0.15) is 12.8 Å². The first-order valence-corrected chi connectivity index (χ1v) is 9.57. The Bertz CT molecular complexity index is 1170. The average Bonchev–Trinajstić information content (AvgIpc) is 3.19. The Hall–Kier alpha value is -3.46. The Labute approximate surface area is 163 Å². The fourth-order valence-electron chi connectivity index (χ4n) is 2.72. The van der Waals surface area contributed by atoms with E-state index in [4.69, 9.17) is 0 Å². The Balaban J connectivity index is 1.34. The molecule has 0 saturated carbocycles. The molecule has 28 heavy (non-hydrogen) atoms. The van der Waals surface area contributed by atoms with Gasteiger partial charge in [-0.15, -0.1) is 16.4 Å². The van der Waals surface area contributed by atoms with E-state index in [0.717, 1.165) is 11.3 Å². The zero-order valence-electron chi connectivity index (χ0n) is 14.8. The number of rotatable bonds is 6.